The van der Waals surface area contributed by atoms with Crippen molar-refractivity contribution in [3.63, 3.8) is 0 Å². The Bertz CT molecular complexity index is 1330. The fraction of sp³-hybridized carbons (Fsp3) is 0.385. The van der Waals surface area contributed by atoms with Crippen LogP contribution in [0.25, 0.3) is 33.6 Å². The number of methoxy groups -OCH3 is 1. The lowest BCUT2D eigenvalue weighted by molar-refractivity contribution is 0.144. The van der Waals surface area contributed by atoms with Crippen molar-refractivity contribution >= 4 is 16.6 Å². The Morgan fingerprint density at radius 1 is 1.09 bits per heavy atom. The number of ether oxygens (including phenoxy) is 2. The Morgan fingerprint density at radius 2 is 1.91 bits per heavy atom. The molecule has 0 amide bonds. The summed E-state index contributed by atoms with van der Waals surface area (Å²) in [6.07, 6.45) is 2.43. The van der Waals surface area contributed by atoms with E-state index in [0.29, 0.717) is 46.7 Å². The molecule has 8 nitrogen and oxygen atoms in total. The van der Waals surface area contributed by atoms with Gasteiger partial charge in [-0.25, -0.2) is 4.39 Å². The molecule has 6 rings (SSSR count). The van der Waals surface area contributed by atoms with Crippen molar-refractivity contribution in [3.05, 3.63) is 48.3 Å². The number of benzene rings is 2. The maximum Gasteiger partial charge on any atom is 0.188 e. The van der Waals surface area contributed by atoms with E-state index in [2.05, 4.69) is 56.5 Å². The molecule has 0 saturated carbocycles. The standard InChI is InChI=1S/C26H28FN5O3/c1-31-9-7-23-22(31)8-10-32(23)17-5-3-16(4-6-17)20-14-25(35-30-20)26-18-13-19(27)24(34-12-11-33-2)15-21(18)28-29-26/h3-6,13-15,22-23H,7-12H2,1-2H3,(H,28,29)/t22-,23?/m1/s1. The summed E-state index contributed by atoms with van der Waals surface area (Å²) in [6.45, 7) is 2.90. The molecule has 35 heavy (non-hydrogen) atoms. The van der Waals surface area contributed by atoms with Crippen LogP contribution in [-0.4, -0.2) is 72.8 Å². The molecule has 2 atom stereocenters. The molecule has 2 fully saturated rings. The van der Waals surface area contributed by atoms with E-state index in [1.807, 2.05) is 6.07 Å². The van der Waals surface area contributed by atoms with Crippen molar-refractivity contribution in [1.82, 2.24) is 20.3 Å². The van der Waals surface area contributed by atoms with Gasteiger partial charge >= 0.3 is 0 Å². The topological polar surface area (TPSA) is 79.7 Å². The number of anilines is 1. The van der Waals surface area contributed by atoms with Crippen LogP contribution in [0.1, 0.15) is 12.8 Å². The van der Waals surface area contributed by atoms with Crippen LogP contribution < -0.4 is 9.64 Å². The molecule has 2 saturated heterocycles. The van der Waals surface area contributed by atoms with Crippen LogP contribution in [0.5, 0.6) is 5.75 Å². The zero-order valence-electron chi connectivity index (χ0n) is 19.8. The lowest BCUT2D eigenvalue weighted by atomic mass is 10.1. The van der Waals surface area contributed by atoms with Crippen molar-refractivity contribution in [2.24, 2.45) is 0 Å². The number of hydrogen-bond donors (Lipinski definition) is 1. The van der Waals surface area contributed by atoms with Gasteiger partial charge in [0.15, 0.2) is 17.3 Å². The Kier molecular flexibility index (Phi) is 5.66. The molecule has 2 aromatic carbocycles. The van der Waals surface area contributed by atoms with Gasteiger partial charge in [0.25, 0.3) is 0 Å². The highest BCUT2D eigenvalue weighted by Gasteiger charge is 2.40. The van der Waals surface area contributed by atoms with E-state index >= 15 is 0 Å². The lowest BCUT2D eigenvalue weighted by Gasteiger charge is -2.26. The number of H-pyrrole nitrogens is 1. The predicted octanol–water partition coefficient (Wildman–Crippen LogP) is 4.33. The summed E-state index contributed by atoms with van der Waals surface area (Å²) in [5.74, 6) is 0.153. The highest BCUT2D eigenvalue weighted by molar-refractivity contribution is 5.93. The summed E-state index contributed by atoms with van der Waals surface area (Å²) in [4.78, 5) is 5.01. The average molecular weight is 478 g/mol. The smallest absolute Gasteiger partial charge is 0.188 e. The Labute approximate surface area is 202 Å². The largest absolute Gasteiger partial charge is 0.488 e. The number of aromatic amines is 1. The second-order valence-electron chi connectivity index (χ2n) is 9.25. The number of rotatable bonds is 7. The normalized spacial score (nSPS) is 20.1. The number of aromatic nitrogens is 3. The van der Waals surface area contributed by atoms with Crippen LogP contribution in [0.2, 0.25) is 0 Å². The van der Waals surface area contributed by atoms with Crippen LogP contribution in [0.15, 0.2) is 47.0 Å². The SMILES string of the molecule is COCCOc1cc2[nH]nc(-c3cc(-c4ccc(N5CC[C@@H]6C5CCN6C)cc4)no3)c2cc1F. The molecule has 4 heterocycles. The molecule has 4 aromatic rings. The molecule has 1 N–H and O–H groups in total. The van der Waals surface area contributed by atoms with Gasteiger partial charge in [0.05, 0.1) is 12.1 Å². The first-order valence-corrected chi connectivity index (χ1v) is 12.0. The fourth-order valence-corrected chi connectivity index (χ4v) is 5.42. The molecular formula is C26H28FN5O3. The van der Waals surface area contributed by atoms with Gasteiger partial charge in [0.2, 0.25) is 0 Å². The van der Waals surface area contributed by atoms with Gasteiger partial charge in [-0.3, -0.25) is 5.10 Å². The number of nitrogens with one attached hydrogen (secondary N) is 1. The molecule has 0 spiro atoms. The number of hydrogen-bond acceptors (Lipinski definition) is 7. The van der Waals surface area contributed by atoms with E-state index in [9.17, 15) is 4.39 Å². The zero-order valence-corrected chi connectivity index (χ0v) is 19.8. The monoisotopic (exact) mass is 477 g/mol. The number of likely N-dealkylation sites (N-methyl/N-ethyl adjacent to an activating group) is 1. The third-order valence-electron chi connectivity index (χ3n) is 7.25. The maximum absolute atomic E-state index is 14.6. The van der Waals surface area contributed by atoms with Crippen molar-refractivity contribution in [3.8, 4) is 28.5 Å². The molecule has 2 aliphatic heterocycles. The van der Waals surface area contributed by atoms with Gasteiger partial charge in [-0.05, 0) is 38.1 Å². The second kappa shape index (κ2) is 8.98. The van der Waals surface area contributed by atoms with Crippen molar-refractivity contribution in [2.45, 2.75) is 24.9 Å². The van der Waals surface area contributed by atoms with Gasteiger partial charge < -0.3 is 23.8 Å². The molecule has 2 aromatic heterocycles. The summed E-state index contributed by atoms with van der Waals surface area (Å²) < 4.78 is 30.6. The zero-order chi connectivity index (χ0) is 23.9. The maximum atomic E-state index is 14.6. The highest BCUT2D eigenvalue weighted by Crippen LogP contribution is 2.36. The van der Waals surface area contributed by atoms with Crippen LogP contribution in [0.4, 0.5) is 10.1 Å². The molecule has 0 aliphatic carbocycles. The van der Waals surface area contributed by atoms with Crippen LogP contribution >= 0.6 is 0 Å². The molecule has 1 unspecified atom stereocenters. The summed E-state index contributed by atoms with van der Waals surface area (Å²) in [5.41, 5.74) is 4.08. The fourth-order valence-electron chi connectivity index (χ4n) is 5.42. The minimum Gasteiger partial charge on any atom is -0.488 e. The lowest BCUT2D eigenvalue weighted by Crippen LogP contribution is -2.34. The summed E-state index contributed by atoms with van der Waals surface area (Å²) in [5, 5.41) is 12.1. The minimum atomic E-state index is -0.468. The molecular weight excluding hydrogens is 449 g/mol. The molecule has 0 bridgehead atoms. The van der Waals surface area contributed by atoms with E-state index in [1.165, 1.54) is 31.1 Å². The number of likely N-dealkylation sites (tertiary alicyclic amines) is 1. The van der Waals surface area contributed by atoms with E-state index in [0.717, 1.165) is 12.1 Å². The highest BCUT2D eigenvalue weighted by atomic mass is 19.1. The number of nitrogens with zero attached hydrogens (tertiary/aromatic N) is 4. The molecule has 0 radical (unpaired) electrons. The molecule has 182 valence electrons. The Hall–Kier alpha value is -3.43. The average Bonchev–Trinajstić information content (AvgIpc) is 3.65. The first kappa shape index (κ1) is 22.1. The first-order valence-electron chi connectivity index (χ1n) is 12.0. The third kappa shape index (κ3) is 3.94. The van der Waals surface area contributed by atoms with Crippen molar-refractivity contribution in [1.29, 1.82) is 0 Å². The first-order chi connectivity index (χ1) is 17.1. The molecule has 9 heteroatoms. The molecule has 2 aliphatic rings. The summed E-state index contributed by atoms with van der Waals surface area (Å²) in [7, 11) is 3.80. The van der Waals surface area contributed by atoms with E-state index in [-0.39, 0.29) is 12.4 Å². The van der Waals surface area contributed by atoms with Gasteiger partial charge in [-0.15, -0.1) is 0 Å². The number of fused-ring (bicyclic) bond motifs is 2. The van der Waals surface area contributed by atoms with Gasteiger partial charge in [-0.1, -0.05) is 17.3 Å². The van der Waals surface area contributed by atoms with Gasteiger partial charge in [0, 0.05) is 61.1 Å². The van der Waals surface area contributed by atoms with Crippen LogP contribution in [0, 0.1) is 5.82 Å². The van der Waals surface area contributed by atoms with E-state index in [1.54, 1.807) is 13.2 Å². The summed E-state index contributed by atoms with van der Waals surface area (Å²) >= 11 is 0. The van der Waals surface area contributed by atoms with Crippen molar-refractivity contribution < 1.29 is 18.4 Å². The van der Waals surface area contributed by atoms with E-state index in [4.69, 9.17) is 14.0 Å². The Morgan fingerprint density at radius 3 is 2.74 bits per heavy atom. The number of halogens is 1. The van der Waals surface area contributed by atoms with Crippen LogP contribution in [-0.2, 0) is 4.74 Å². The van der Waals surface area contributed by atoms with Gasteiger partial charge in [0.1, 0.15) is 18.0 Å². The van der Waals surface area contributed by atoms with Gasteiger partial charge in [-0.2, -0.15) is 5.10 Å². The van der Waals surface area contributed by atoms with E-state index < -0.39 is 5.82 Å². The second-order valence-corrected chi connectivity index (χ2v) is 9.25. The van der Waals surface area contributed by atoms with Crippen LogP contribution in [0.3, 0.4) is 0 Å². The quantitative estimate of drug-likeness (QED) is 0.397. The predicted molar refractivity (Wildman–Crippen MR) is 131 cm³/mol. The third-order valence-corrected chi connectivity index (χ3v) is 7.25. The minimum absolute atomic E-state index is 0.150. The van der Waals surface area contributed by atoms with Crippen molar-refractivity contribution in [2.75, 3.05) is 45.4 Å². The Balaban J connectivity index is 1.22. The summed E-state index contributed by atoms with van der Waals surface area (Å²) in [6, 6.07) is 14.6.